The van der Waals surface area contributed by atoms with Crippen molar-refractivity contribution in [2.24, 2.45) is 5.92 Å². The van der Waals surface area contributed by atoms with Crippen molar-refractivity contribution < 1.29 is 14.6 Å². The molecule has 62 valence electrons. The monoisotopic (exact) mass is 149 g/mol. The zero-order valence-corrected chi connectivity index (χ0v) is 6.46. The van der Waals surface area contributed by atoms with Crippen molar-refractivity contribution >= 4 is 5.97 Å². The minimum absolute atomic E-state index is 0. The predicted molar refractivity (Wildman–Crippen MR) is 38.3 cm³/mol. The van der Waals surface area contributed by atoms with Crippen LogP contribution in [0.5, 0.6) is 0 Å². The summed E-state index contributed by atoms with van der Waals surface area (Å²) in [6.07, 6.45) is 0.589. The molecule has 0 radical (unpaired) electrons. The molecular weight excluding hydrogens is 134 g/mol. The summed E-state index contributed by atoms with van der Waals surface area (Å²) >= 11 is 0. The Bertz CT molecular complexity index is 95.0. The SMILES string of the molecule is COCCC(C)C(=O)O.N. The molecule has 0 aliphatic carbocycles. The predicted octanol–water partition coefficient (Wildman–Crippen LogP) is 0.906. The maximum Gasteiger partial charge on any atom is 0.306 e. The highest BCUT2D eigenvalue weighted by atomic mass is 16.5. The number of carbonyl (C=O) groups is 1. The molecule has 0 aromatic rings. The van der Waals surface area contributed by atoms with Gasteiger partial charge in [0.1, 0.15) is 0 Å². The van der Waals surface area contributed by atoms with E-state index in [1.165, 1.54) is 0 Å². The third-order valence-corrected chi connectivity index (χ3v) is 1.18. The molecule has 0 saturated carbocycles. The van der Waals surface area contributed by atoms with E-state index in [0.717, 1.165) is 0 Å². The molecule has 4 N–H and O–H groups in total. The quantitative estimate of drug-likeness (QED) is 0.622. The van der Waals surface area contributed by atoms with Crippen LogP contribution >= 0.6 is 0 Å². The van der Waals surface area contributed by atoms with Gasteiger partial charge in [-0.25, -0.2) is 0 Å². The lowest BCUT2D eigenvalue weighted by molar-refractivity contribution is -0.141. The summed E-state index contributed by atoms with van der Waals surface area (Å²) in [6.45, 7) is 2.19. The second-order valence-corrected chi connectivity index (χ2v) is 2.02. The molecule has 10 heavy (non-hydrogen) atoms. The smallest absolute Gasteiger partial charge is 0.306 e. The van der Waals surface area contributed by atoms with E-state index < -0.39 is 5.97 Å². The van der Waals surface area contributed by atoms with Crippen molar-refractivity contribution in [3.05, 3.63) is 0 Å². The molecule has 0 aliphatic heterocycles. The Morgan fingerprint density at radius 2 is 2.20 bits per heavy atom. The third kappa shape index (κ3) is 5.53. The Kier molecular flexibility index (Phi) is 7.88. The van der Waals surface area contributed by atoms with Crippen LogP contribution in [0.4, 0.5) is 0 Å². The van der Waals surface area contributed by atoms with Crippen LogP contribution in [-0.4, -0.2) is 24.8 Å². The molecule has 0 heterocycles. The second-order valence-electron chi connectivity index (χ2n) is 2.02. The van der Waals surface area contributed by atoms with Gasteiger partial charge < -0.3 is 16.0 Å². The van der Waals surface area contributed by atoms with Crippen molar-refractivity contribution in [2.45, 2.75) is 13.3 Å². The summed E-state index contributed by atoms with van der Waals surface area (Å²) in [6, 6.07) is 0. The minimum Gasteiger partial charge on any atom is -0.481 e. The van der Waals surface area contributed by atoms with Crippen molar-refractivity contribution in [1.82, 2.24) is 6.15 Å². The fourth-order valence-corrected chi connectivity index (χ4v) is 0.418. The lowest BCUT2D eigenvalue weighted by Crippen LogP contribution is -2.11. The van der Waals surface area contributed by atoms with Crippen molar-refractivity contribution in [2.75, 3.05) is 13.7 Å². The molecule has 1 unspecified atom stereocenters. The summed E-state index contributed by atoms with van der Waals surface area (Å²) in [5.74, 6) is -1.04. The van der Waals surface area contributed by atoms with Crippen LogP contribution in [0.15, 0.2) is 0 Å². The van der Waals surface area contributed by atoms with Crippen LogP contribution in [0.1, 0.15) is 13.3 Å². The Morgan fingerprint density at radius 3 is 2.50 bits per heavy atom. The normalized spacial score (nSPS) is 11.8. The highest BCUT2D eigenvalue weighted by Crippen LogP contribution is 2.00. The summed E-state index contributed by atoms with van der Waals surface area (Å²) in [5, 5.41) is 8.35. The first kappa shape index (κ1) is 12.1. The number of hydrogen-bond donors (Lipinski definition) is 2. The summed E-state index contributed by atoms with van der Waals surface area (Å²) < 4.78 is 4.70. The lowest BCUT2D eigenvalue weighted by atomic mass is 10.1. The fraction of sp³-hybridized carbons (Fsp3) is 0.833. The third-order valence-electron chi connectivity index (χ3n) is 1.18. The van der Waals surface area contributed by atoms with Gasteiger partial charge in [-0.3, -0.25) is 4.79 Å². The van der Waals surface area contributed by atoms with Crippen LogP contribution in [0, 0.1) is 5.92 Å². The largest absolute Gasteiger partial charge is 0.481 e. The van der Waals surface area contributed by atoms with E-state index in [-0.39, 0.29) is 12.1 Å². The standard InChI is InChI=1S/C6H12O3.H3N/c1-5(6(7)8)3-4-9-2;/h5H,3-4H2,1-2H3,(H,7,8);1H3. The molecule has 0 amide bonds. The van der Waals surface area contributed by atoms with E-state index >= 15 is 0 Å². The van der Waals surface area contributed by atoms with E-state index in [9.17, 15) is 4.79 Å². The lowest BCUT2D eigenvalue weighted by Gasteiger charge is -2.02. The number of ether oxygens (including phenoxy) is 1. The van der Waals surface area contributed by atoms with E-state index in [1.54, 1.807) is 14.0 Å². The molecule has 0 spiro atoms. The number of hydrogen-bond acceptors (Lipinski definition) is 3. The van der Waals surface area contributed by atoms with Crippen LogP contribution in [0.25, 0.3) is 0 Å². The molecule has 0 saturated heterocycles. The van der Waals surface area contributed by atoms with Gasteiger partial charge in [-0.1, -0.05) is 6.92 Å². The molecule has 0 aromatic carbocycles. The highest BCUT2D eigenvalue weighted by molar-refractivity contribution is 5.69. The average molecular weight is 149 g/mol. The Morgan fingerprint density at radius 1 is 1.70 bits per heavy atom. The van der Waals surface area contributed by atoms with Crippen LogP contribution in [-0.2, 0) is 9.53 Å². The van der Waals surface area contributed by atoms with Gasteiger partial charge in [0.15, 0.2) is 0 Å². The van der Waals surface area contributed by atoms with Crippen molar-refractivity contribution in [1.29, 1.82) is 0 Å². The zero-order valence-electron chi connectivity index (χ0n) is 6.46. The number of aliphatic carboxylic acids is 1. The number of rotatable bonds is 4. The summed E-state index contributed by atoms with van der Waals surface area (Å²) in [4.78, 5) is 10.1. The van der Waals surface area contributed by atoms with Gasteiger partial charge in [0.05, 0.1) is 5.92 Å². The molecule has 0 aromatic heterocycles. The van der Waals surface area contributed by atoms with Crippen molar-refractivity contribution in [3.63, 3.8) is 0 Å². The molecule has 0 aliphatic rings. The van der Waals surface area contributed by atoms with E-state index in [4.69, 9.17) is 9.84 Å². The van der Waals surface area contributed by atoms with E-state index in [1.807, 2.05) is 0 Å². The Hall–Kier alpha value is -0.610. The van der Waals surface area contributed by atoms with E-state index in [2.05, 4.69) is 0 Å². The molecule has 4 heteroatoms. The number of methoxy groups -OCH3 is 1. The van der Waals surface area contributed by atoms with Crippen LogP contribution in [0.2, 0.25) is 0 Å². The van der Waals surface area contributed by atoms with Gasteiger partial charge in [-0.15, -0.1) is 0 Å². The zero-order chi connectivity index (χ0) is 7.28. The van der Waals surface area contributed by atoms with Gasteiger partial charge >= 0.3 is 5.97 Å². The second kappa shape index (κ2) is 6.51. The molecule has 0 fully saturated rings. The van der Waals surface area contributed by atoms with E-state index in [0.29, 0.717) is 13.0 Å². The molecule has 4 nitrogen and oxygen atoms in total. The van der Waals surface area contributed by atoms with Crippen molar-refractivity contribution in [3.8, 4) is 0 Å². The first-order chi connectivity index (χ1) is 4.18. The maximum absolute atomic E-state index is 10.1. The average Bonchev–Trinajstić information content (AvgIpc) is 1.82. The topological polar surface area (TPSA) is 81.5 Å². The van der Waals surface area contributed by atoms with Crippen LogP contribution in [0.3, 0.4) is 0 Å². The molecule has 0 bridgehead atoms. The molecule has 1 atom stereocenters. The van der Waals surface area contributed by atoms with Gasteiger partial charge in [-0.2, -0.15) is 0 Å². The first-order valence-corrected chi connectivity index (χ1v) is 2.90. The Balaban J connectivity index is 0. The number of carboxylic acids is 1. The molecular formula is C6H15NO3. The number of carboxylic acid groups (broad SMARTS) is 1. The van der Waals surface area contributed by atoms with Gasteiger partial charge in [0.25, 0.3) is 0 Å². The maximum atomic E-state index is 10.1. The summed E-state index contributed by atoms with van der Waals surface area (Å²) in [5.41, 5.74) is 0. The van der Waals surface area contributed by atoms with Gasteiger partial charge in [-0.05, 0) is 6.42 Å². The minimum atomic E-state index is -0.757. The van der Waals surface area contributed by atoms with Gasteiger partial charge in [0.2, 0.25) is 0 Å². The Labute approximate surface area is 60.8 Å². The van der Waals surface area contributed by atoms with Gasteiger partial charge in [0, 0.05) is 13.7 Å². The highest BCUT2D eigenvalue weighted by Gasteiger charge is 2.08. The first-order valence-electron chi connectivity index (χ1n) is 2.90. The molecule has 0 rings (SSSR count). The summed E-state index contributed by atoms with van der Waals surface area (Å²) in [7, 11) is 1.56. The fourth-order valence-electron chi connectivity index (χ4n) is 0.418. The van der Waals surface area contributed by atoms with Crippen LogP contribution < -0.4 is 6.15 Å².